The van der Waals surface area contributed by atoms with Gasteiger partial charge < -0.3 is 0 Å². The van der Waals surface area contributed by atoms with Crippen LogP contribution in [0.25, 0.3) is 0 Å². The van der Waals surface area contributed by atoms with Gasteiger partial charge in [-0.1, -0.05) is 34.6 Å². The number of hydrogen-bond acceptors (Lipinski definition) is 0. The molecule has 0 saturated heterocycles. The molecule has 0 aromatic heterocycles. The topological polar surface area (TPSA) is 0 Å². The molecule has 0 amide bonds. The predicted octanol–water partition coefficient (Wildman–Crippen LogP) is 4.35. The van der Waals surface area contributed by atoms with Crippen molar-refractivity contribution in [1.82, 2.24) is 0 Å². The molecule has 0 aromatic rings. The van der Waals surface area contributed by atoms with E-state index in [0.717, 1.165) is 29.6 Å². The summed E-state index contributed by atoms with van der Waals surface area (Å²) in [4.78, 5) is 0. The molecule has 0 nitrogen and oxygen atoms in total. The summed E-state index contributed by atoms with van der Waals surface area (Å²) < 4.78 is 0. The van der Waals surface area contributed by atoms with Gasteiger partial charge in [-0.15, -0.1) is 0 Å². The second-order valence-electron chi connectivity index (χ2n) is 7.63. The summed E-state index contributed by atoms with van der Waals surface area (Å²) in [6.07, 6.45) is 4.56. The summed E-state index contributed by atoms with van der Waals surface area (Å²) in [7, 11) is 0. The van der Waals surface area contributed by atoms with Crippen molar-refractivity contribution in [2.45, 2.75) is 53.9 Å². The van der Waals surface area contributed by atoms with E-state index in [4.69, 9.17) is 0 Å². The second-order valence-corrected chi connectivity index (χ2v) is 7.63. The molecular formula is C15H26. The SMILES string of the molecule is CC1CC(C)C2(C)C1CC1CC2C1(C)C. The van der Waals surface area contributed by atoms with Crippen LogP contribution in [-0.4, -0.2) is 0 Å². The number of rotatable bonds is 0. The van der Waals surface area contributed by atoms with E-state index in [-0.39, 0.29) is 0 Å². The lowest BCUT2D eigenvalue weighted by Crippen LogP contribution is -2.61. The van der Waals surface area contributed by atoms with Crippen molar-refractivity contribution in [2.75, 3.05) is 0 Å². The molecule has 4 saturated carbocycles. The highest BCUT2D eigenvalue weighted by atomic mass is 14.7. The van der Waals surface area contributed by atoms with Gasteiger partial charge in [0.2, 0.25) is 0 Å². The Morgan fingerprint density at radius 1 is 0.933 bits per heavy atom. The fourth-order valence-corrected chi connectivity index (χ4v) is 5.82. The maximum atomic E-state index is 2.62. The lowest BCUT2D eigenvalue weighted by molar-refractivity contribution is -0.189. The first kappa shape index (κ1) is 10.2. The zero-order valence-electron chi connectivity index (χ0n) is 11.0. The summed E-state index contributed by atoms with van der Waals surface area (Å²) >= 11 is 0. The molecule has 0 heteroatoms. The quantitative estimate of drug-likeness (QED) is 0.553. The zero-order valence-corrected chi connectivity index (χ0v) is 11.0. The third kappa shape index (κ3) is 0.953. The van der Waals surface area contributed by atoms with Crippen molar-refractivity contribution in [3.05, 3.63) is 0 Å². The van der Waals surface area contributed by atoms with Gasteiger partial charge in [-0.05, 0) is 59.7 Å². The third-order valence-electron chi connectivity index (χ3n) is 7.03. The van der Waals surface area contributed by atoms with Crippen LogP contribution in [0.4, 0.5) is 0 Å². The van der Waals surface area contributed by atoms with Gasteiger partial charge in [0.15, 0.2) is 0 Å². The van der Waals surface area contributed by atoms with Crippen molar-refractivity contribution in [3.8, 4) is 0 Å². The Morgan fingerprint density at radius 3 is 2.20 bits per heavy atom. The summed E-state index contributed by atoms with van der Waals surface area (Å²) in [6.45, 7) is 12.7. The van der Waals surface area contributed by atoms with Gasteiger partial charge >= 0.3 is 0 Å². The Balaban J connectivity index is 2.00. The summed E-state index contributed by atoms with van der Waals surface area (Å²) in [6, 6.07) is 0. The first-order chi connectivity index (χ1) is 6.88. The van der Waals surface area contributed by atoms with Crippen molar-refractivity contribution >= 4 is 0 Å². The van der Waals surface area contributed by atoms with Crippen molar-refractivity contribution in [1.29, 1.82) is 0 Å². The van der Waals surface area contributed by atoms with Gasteiger partial charge in [0.25, 0.3) is 0 Å². The molecule has 0 radical (unpaired) electrons. The van der Waals surface area contributed by atoms with Crippen LogP contribution in [0.1, 0.15) is 53.9 Å². The Kier molecular flexibility index (Phi) is 1.78. The van der Waals surface area contributed by atoms with Gasteiger partial charge in [-0.25, -0.2) is 0 Å². The van der Waals surface area contributed by atoms with E-state index in [1.165, 1.54) is 19.3 Å². The minimum Gasteiger partial charge on any atom is -0.0622 e. The molecule has 4 rings (SSSR count). The lowest BCUT2D eigenvalue weighted by atomic mass is 9.37. The molecule has 0 heterocycles. The molecule has 0 aromatic carbocycles. The van der Waals surface area contributed by atoms with Crippen LogP contribution in [0.2, 0.25) is 0 Å². The minimum absolute atomic E-state index is 0.656. The van der Waals surface area contributed by atoms with Gasteiger partial charge in [0, 0.05) is 0 Å². The molecule has 0 N–H and O–H groups in total. The van der Waals surface area contributed by atoms with Crippen LogP contribution in [-0.2, 0) is 0 Å². The molecule has 15 heavy (non-hydrogen) atoms. The summed E-state index contributed by atoms with van der Waals surface area (Å²) in [5, 5.41) is 0. The van der Waals surface area contributed by atoms with Crippen molar-refractivity contribution < 1.29 is 0 Å². The molecule has 4 aliphatic carbocycles. The molecule has 0 aliphatic heterocycles. The Hall–Kier alpha value is 0. The van der Waals surface area contributed by atoms with Crippen molar-refractivity contribution in [2.24, 2.45) is 40.4 Å². The minimum atomic E-state index is 0.656. The molecule has 2 bridgehead atoms. The largest absolute Gasteiger partial charge is 0.0622 e. The summed E-state index contributed by atoms with van der Waals surface area (Å²) in [5.74, 6) is 5.07. The maximum absolute atomic E-state index is 2.62. The average molecular weight is 206 g/mol. The van der Waals surface area contributed by atoms with Crippen LogP contribution in [0.15, 0.2) is 0 Å². The first-order valence-corrected chi connectivity index (χ1v) is 6.88. The Morgan fingerprint density at radius 2 is 1.60 bits per heavy atom. The lowest BCUT2D eigenvalue weighted by Gasteiger charge is -2.67. The van der Waals surface area contributed by atoms with Gasteiger partial charge in [-0.2, -0.15) is 0 Å². The smallest absolute Gasteiger partial charge is 0.0236 e. The normalized spacial score (nSPS) is 61.0. The Labute approximate surface area is 94.8 Å². The van der Waals surface area contributed by atoms with Crippen LogP contribution in [0, 0.1) is 40.4 Å². The van der Waals surface area contributed by atoms with Crippen LogP contribution < -0.4 is 0 Å². The third-order valence-corrected chi connectivity index (χ3v) is 7.03. The van der Waals surface area contributed by atoms with Gasteiger partial charge in [0.1, 0.15) is 0 Å². The van der Waals surface area contributed by atoms with E-state index in [1.807, 2.05) is 0 Å². The highest BCUT2D eigenvalue weighted by Gasteiger charge is 2.67. The molecule has 0 spiro atoms. The average Bonchev–Trinajstić information content (AvgIpc) is 2.37. The van der Waals surface area contributed by atoms with Crippen LogP contribution in [0.3, 0.4) is 0 Å². The molecule has 4 fully saturated rings. The molecule has 86 valence electrons. The molecular weight excluding hydrogens is 180 g/mol. The molecule has 6 atom stereocenters. The van der Waals surface area contributed by atoms with E-state index in [2.05, 4.69) is 34.6 Å². The van der Waals surface area contributed by atoms with Crippen molar-refractivity contribution in [3.63, 3.8) is 0 Å². The van der Waals surface area contributed by atoms with Gasteiger partial charge in [0.05, 0.1) is 0 Å². The maximum Gasteiger partial charge on any atom is -0.0236 e. The zero-order chi connectivity index (χ0) is 11.0. The Bertz CT molecular complexity index is 290. The number of hydrogen-bond donors (Lipinski definition) is 0. The predicted molar refractivity (Wildman–Crippen MR) is 64.5 cm³/mol. The second kappa shape index (κ2) is 2.63. The monoisotopic (exact) mass is 206 g/mol. The van der Waals surface area contributed by atoms with E-state index in [9.17, 15) is 0 Å². The van der Waals surface area contributed by atoms with E-state index in [1.54, 1.807) is 0 Å². The summed E-state index contributed by atoms with van der Waals surface area (Å²) in [5.41, 5.74) is 1.33. The standard InChI is InChI=1S/C15H26/c1-9-6-10(2)15(5)12(9)7-11-8-13(15)14(11,3)4/h9-13H,6-8H2,1-5H3. The van der Waals surface area contributed by atoms with E-state index >= 15 is 0 Å². The van der Waals surface area contributed by atoms with Crippen LogP contribution in [0.5, 0.6) is 0 Å². The highest BCUT2D eigenvalue weighted by Crippen LogP contribution is 2.74. The highest BCUT2D eigenvalue weighted by molar-refractivity contribution is 5.15. The van der Waals surface area contributed by atoms with Gasteiger partial charge in [-0.3, -0.25) is 0 Å². The van der Waals surface area contributed by atoms with E-state index < -0.39 is 0 Å². The van der Waals surface area contributed by atoms with E-state index in [0.29, 0.717) is 10.8 Å². The fourth-order valence-electron chi connectivity index (χ4n) is 5.82. The van der Waals surface area contributed by atoms with Crippen LogP contribution >= 0.6 is 0 Å². The first-order valence-electron chi connectivity index (χ1n) is 6.88. The fraction of sp³-hybridized carbons (Fsp3) is 1.00. The molecule has 6 unspecified atom stereocenters. The molecule has 4 aliphatic rings.